The van der Waals surface area contributed by atoms with Crippen molar-refractivity contribution >= 4 is 28.4 Å². The molecule has 0 fully saturated rings. The van der Waals surface area contributed by atoms with Gasteiger partial charge < -0.3 is 15.4 Å². The summed E-state index contributed by atoms with van der Waals surface area (Å²) >= 11 is 5.94. The van der Waals surface area contributed by atoms with Crippen LogP contribution >= 0.6 is 11.6 Å². The van der Waals surface area contributed by atoms with Crippen LogP contribution in [0.2, 0.25) is 5.02 Å². The summed E-state index contributed by atoms with van der Waals surface area (Å²) in [6, 6.07) is 5.56. The molecule has 0 aliphatic rings. The summed E-state index contributed by atoms with van der Waals surface area (Å²) < 4.78 is 0. The molecule has 0 bridgehead atoms. The second-order valence-corrected chi connectivity index (χ2v) is 4.54. The fourth-order valence-electron chi connectivity index (χ4n) is 1.84. The maximum atomic E-state index is 11.7. The average molecular weight is 267 g/mol. The number of halogens is 1. The highest BCUT2D eigenvalue weighted by molar-refractivity contribution is 6.31. The van der Waals surface area contributed by atoms with Crippen LogP contribution in [0.3, 0.4) is 0 Å². The molecular weight excluding hydrogens is 252 g/mol. The Balaban J connectivity index is 2.07. The molecule has 0 unspecified atom stereocenters. The third-order valence-electron chi connectivity index (χ3n) is 2.74. The zero-order valence-electron chi connectivity index (χ0n) is 9.87. The van der Waals surface area contributed by atoms with Crippen molar-refractivity contribution in [1.82, 2.24) is 10.3 Å². The number of hydrogen-bond donors (Lipinski definition) is 3. The molecule has 96 valence electrons. The first-order valence-electron chi connectivity index (χ1n) is 5.84. The monoisotopic (exact) mass is 266 g/mol. The molecule has 0 aliphatic heterocycles. The molecule has 5 heteroatoms. The van der Waals surface area contributed by atoms with Crippen molar-refractivity contribution in [3.05, 3.63) is 35.0 Å². The predicted molar refractivity (Wildman–Crippen MR) is 71.7 cm³/mol. The number of aliphatic hydroxyl groups is 1. The van der Waals surface area contributed by atoms with Crippen LogP contribution in [-0.2, 0) is 11.2 Å². The standard InChI is InChI=1S/C13H15ClN2O2/c14-10-2-3-12-11(7-10)9(8-16-12)6-13(18)15-4-1-5-17/h2-3,7-8,16-17H,1,4-6H2,(H,15,18). The van der Waals surface area contributed by atoms with E-state index in [0.717, 1.165) is 16.5 Å². The number of hydrogen-bond acceptors (Lipinski definition) is 2. The van der Waals surface area contributed by atoms with E-state index in [1.54, 1.807) is 0 Å². The van der Waals surface area contributed by atoms with Crippen molar-refractivity contribution in [3.8, 4) is 0 Å². The molecule has 4 nitrogen and oxygen atoms in total. The zero-order chi connectivity index (χ0) is 13.0. The lowest BCUT2D eigenvalue weighted by Gasteiger charge is -2.03. The van der Waals surface area contributed by atoms with E-state index in [9.17, 15) is 4.79 Å². The number of aromatic amines is 1. The van der Waals surface area contributed by atoms with Crippen molar-refractivity contribution in [3.63, 3.8) is 0 Å². The lowest BCUT2D eigenvalue weighted by atomic mass is 10.1. The Labute approximate surface area is 110 Å². The number of fused-ring (bicyclic) bond motifs is 1. The molecule has 0 spiro atoms. The lowest BCUT2D eigenvalue weighted by molar-refractivity contribution is -0.120. The zero-order valence-corrected chi connectivity index (χ0v) is 10.6. The molecule has 1 heterocycles. The highest BCUT2D eigenvalue weighted by Gasteiger charge is 2.08. The number of rotatable bonds is 5. The van der Waals surface area contributed by atoms with Gasteiger partial charge in [-0.1, -0.05) is 11.6 Å². The van der Waals surface area contributed by atoms with Crippen LogP contribution in [0.1, 0.15) is 12.0 Å². The molecule has 0 aliphatic carbocycles. The highest BCUT2D eigenvalue weighted by Crippen LogP contribution is 2.22. The highest BCUT2D eigenvalue weighted by atomic mass is 35.5. The third-order valence-corrected chi connectivity index (χ3v) is 2.97. The Hall–Kier alpha value is -1.52. The van der Waals surface area contributed by atoms with E-state index >= 15 is 0 Å². The van der Waals surface area contributed by atoms with Gasteiger partial charge in [-0.3, -0.25) is 4.79 Å². The van der Waals surface area contributed by atoms with E-state index in [0.29, 0.717) is 24.4 Å². The van der Waals surface area contributed by atoms with Gasteiger partial charge in [-0.05, 0) is 30.2 Å². The van der Waals surface area contributed by atoms with Crippen LogP contribution in [0.25, 0.3) is 10.9 Å². The van der Waals surface area contributed by atoms with Crippen molar-refractivity contribution in [2.24, 2.45) is 0 Å². The molecule has 1 aromatic heterocycles. The molecular formula is C13H15ClN2O2. The minimum atomic E-state index is -0.0516. The van der Waals surface area contributed by atoms with Crippen LogP contribution in [0.4, 0.5) is 0 Å². The summed E-state index contributed by atoms with van der Waals surface area (Å²) in [6.45, 7) is 0.585. The van der Waals surface area contributed by atoms with Gasteiger partial charge in [-0.2, -0.15) is 0 Å². The number of nitrogens with one attached hydrogen (secondary N) is 2. The molecule has 1 amide bonds. The minimum Gasteiger partial charge on any atom is -0.396 e. The van der Waals surface area contributed by atoms with Gasteiger partial charge in [-0.15, -0.1) is 0 Å². The topological polar surface area (TPSA) is 65.1 Å². The molecule has 18 heavy (non-hydrogen) atoms. The van der Waals surface area contributed by atoms with Gasteiger partial charge in [-0.25, -0.2) is 0 Å². The van der Waals surface area contributed by atoms with Crippen LogP contribution in [0.5, 0.6) is 0 Å². The van der Waals surface area contributed by atoms with Crippen molar-refractivity contribution in [2.45, 2.75) is 12.8 Å². The molecule has 0 atom stereocenters. The van der Waals surface area contributed by atoms with Gasteiger partial charge in [0.15, 0.2) is 0 Å². The Morgan fingerprint density at radius 2 is 2.28 bits per heavy atom. The van der Waals surface area contributed by atoms with Gasteiger partial charge in [0.1, 0.15) is 0 Å². The summed E-state index contributed by atoms with van der Waals surface area (Å²) in [5.74, 6) is -0.0516. The number of benzene rings is 1. The second-order valence-electron chi connectivity index (χ2n) is 4.11. The lowest BCUT2D eigenvalue weighted by Crippen LogP contribution is -2.26. The number of carbonyl (C=O) groups is 1. The molecule has 0 saturated carbocycles. The molecule has 0 saturated heterocycles. The molecule has 2 rings (SSSR count). The number of aromatic nitrogens is 1. The SMILES string of the molecule is O=C(Cc1c[nH]c2ccc(Cl)cc12)NCCCO. The Morgan fingerprint density at radius 1 is 1.44 bits per heavy atom. The summed E-state index contributed by atoms with van der Waals surface area (Å²) in [6.07, 6.45) is 2.71. The van der Waals surface area contributed by atoms with E-state index in [4.69, 9.17) is 16.7 Å². The van der Waals surface area contributed by atoms with E-state index in [2.05, 4.69) is 10.3 Å². The van der Waals surface area contributed by atoms with Gasteiger partial charge in [0.05, 0.1) is 6.42 Å². The Morgan fingerprint density at radius 3 is 3.06 bits per heavy atom. The summed E-state index contributed by atoms with van der Waals surface area (Å²) in [4.78, 5) is 14.8. The first kappa shape index (κ1) is 12.9. The number of H-pyrrole nitrogens is 1. The first-order valence-corrected chi connectivity index (χ1v) is 6.21. The van der Waals surface area contributed by atoms with Crippen LogP contribution in [0, 0.1) is 0 Å². The third kappa shape index (κ3) is 3.03. The fourth-order valence-corrected chi connectivity index (χ4v) is 2.01. The van der Waals surface area contributed by atoms with Gasteiger partial charge in [0.25, 0.3) is 0 Å². The van der Waals surface area contributed by atoms with E-state index in [1.165, 1.54) is 0 Å². The largest absolute Gasteiger partial charge is 0.396 e. The van der Waals surface area contributed by atoms with Gasteiger partial charge in [0.2, 0.25) is 5.91 Å². The van der Waals surface area contributed by atoms with Crippen molar-refractivity contribution < 1.29 is 9.90 Å². The number of aliphatic hydroxyl groups excluding tert-OH is 1. The number of carbonyl (C=O) groups excluding carboxylic acids is 1. The van der Waals surface area contributed by atoms with E-state index < -0.39 is 0 Å². The van der Waals surface area contributed by atoms with E-state index in [-0.39, 0.29) is 12.5 Å². The summed E-state index contributed by atoms with van der Waals surface area (Å²) in [5, 5.41) is 13.0. The number of amides is 1. The van der Waals surface area contributed by atoms with Crippen LogP contribution < -0.4 is 5.32 Å². The summed E-state index contributed by atoms with van der Waals surface area (Å²) in [5.41, 5.74) is 1.89. The van der Waals surface area contributed by atoms with E-state index in [1.807, 2.05) is 24.4 Å². The molecule has 3 N–H and O–H groups in total. The normalized spacial score (nSPS) is 10.8. The minimum absolute atomic E-state index is 0.0516. The fraction of sp³-hybridized carbons (Fsp3) is 0.308. The van der Waals surface area contributed by atoms with Gasteiger partial charge in [0, 0.05) is 35.3 Å². The molecule has 0 radical (unpaired) electrons. The van der Waals surface area contributed by atoms with Gasteiger partial charge >= 0.3 is 0 Å². The summed E-state index contributed by atoms with van der Waals surface area (Å²) in [7, 11) is 0. The smallest absolute Gasteiger partial charge is 0.224 e. The average Bonchev–Trinajstić information content (AvgIpc) is 2.72. The first-order chi connectivity index (χ1) is 8.70. The second kappa shape index (κ2) is 5.89. The maximum Gasteiger partial charge on any atom is 0.224 e. The quantitative estimate of drug-likeness (QED) is 0.724. The Kier molecular flexibility index (Phi) is 4.23. The van der Waals surface area contributed by atoms with Crippen LogP contribution in [0.15, 0.2) is 24.4 Å². The van der Waals surface area contributed by atoms with Crippen molar-refractivity contribution in [1.29, 1.82) is 0 Å². The maximum absolute atomic E-state index is 11.7. The molecule has 2 aromatic rings. The van der Waals surface area contributed by atoms with Crippen LogP contribution in [-0.4, -0.2) is 29.1 Å². The predicted octanol–water partition coefficient (Wildman–Crippen LogP) is 1.86. The van der Waals surface area contributed by atoms with Crippen molar-refractivity contribution in [2.75, 3.05) is 13.2 Å². The Bertz CT molecular complexity index is 551. The molecule has 1 aromatic carbocycles.